The first-order valence-electron chi connectivity index (χ1n) is 9.98. The van der Waals surface area contributed by atoms with Gasteiger partial charge in [-0.15, -0.1) is 0 Å². The Kier molecular flexibility index (Phi) is 9.77. The molecular weight excluding hydrogens is 578 g/mol. The van der Waals surface area contributed by atoms with Gasteiger partial charge in [0.2, 0.25) is 10.0 Å². The smallest absolute Gasteiger partial charge is 0.308 e. The summed E-state index contributed by atoms with van der Waals surface area (Å²) in [7, 11) is -3.89. The molecule has 2 aromatic rings. The van der Waals surface area contributed by atoms with Gasteiger partial charge in [0.25, 0.3) is 5.91 Å². The van der Waals surface area contributed by atoms with Gasteiger partial charge < -0.3 is 4.74 Å². The minimum Gasteiger partial charge on any atom is -0.424 e. The lowest BCUT2D eigenvalue weighted by Gasteiger charge is -2.19. The molecule has 0 aliphatic carbocycles. The van der Waals surface area contributed by atoms with Crippen LogP contribution in [0.15, 0.2) is 55.3 Å². The van der Waals surface area contributed by atoms with E-state index in [9.17, 15) is 18.0 Å². The molecule has 0 saturated carbocycles. The van der Waals surface area contributed by atoms with E-state index >= 15 is 0 Å². The van der Waals surface area contributed by atoms with Crippen LogP contribution in [0.5, 0.6) is 5.75 Å². The number of hydrogen-bond acceptors (Lipinski definition) is 6. The van der Waals surface area contributed by atoms with E-state index in [1.54, 1.807) is 24.3 Å². The zero-order chi connectivity index (χ0) is 24.8. The number of amides is 1. The van der Waals surface area contributed by atoms with Crippen LogP contribution in [0, 0.1) is 12.8 Å². The minimum atomic E-state index is -3.89. The van der Waals surface area contributed by atoms with Gasteiger partial charge in [-0.05, 0) is 81.0 Å². The van der Waals surface area contributed by atoms with Crippen molar-refractivity contribution in [2.45, 2.75) is 45.1 Å². The van der Waals surface area contributed by atoms with Crippen LogP contribution >= 0.6 is 31.9 Å². The Balaban J connectivity index is 2.14. The number of ether oxygens (including phenoxy) is 1. The van der Waals surface area contributed by atoms with Crippen molar-refractivity contribution in [3.8, 4) is 5.75 Å². The molecule has 0 bridgehead atoms. The van der Waals surface area contributed by atoms with Crippen molar-refractivity contribution in [3.05, 3.63) is 56.5 Å². The molecule has 0 spiro atoms. The lowest BCUT2D eigenvalue weighted by Crippen LogP contribution is -2.46. The molecule has 2 N–H and O–H groups in total. The number of benzene rings is 2. The van der Waals surface area contributed by atoms with E-state index in [0.717, 1.165) is 5.56 Å². The lowest BCUT2D eigenvalue weighted by atomic mass is 10.0. The third kappa shape index (κ3) is 8.33. The van der Waals surface area contributed by atoms with Crippen molar-refractivity contribution in [1.82, 2.24) is 10.1 Å². The number of sulfonamides is 1. The van der Waals surface area contributed by atoms with Gasteiger partial charge >= 0.3 is 5.97 Å². The number of esters is 1. The first-order valence-corrected chi connectivity index (χ1v) is 13.1. The van der Waals surface area contributed by atoms with Crippen molar-refractivity contribution in [3.63, 3.8) is 0 Å². The van der Waals surface area contributed by atoms with Crippen LogP contribution in [0.1, 0.15) is 38.3 Å². The second-order valence-electron chi connectivity index (χ2n) is 7.76. The molecule has 1 atom stereocenters. The zero-order valence-corrected chi connectivity index (χ0v) is 22.5. The summed E-state index contributed by atoms with van der Waals surface area (Å²) in [5, 5.41) is 3.95. The molecule has 0 aliphatic heterocycles. The third-order valence-electron chi connectivity index (χ3n) is 4.31. The molecule has 178 valence electrons. The van der Waals surface area contributed by atoms with Crippen LogP contribution in [0.3, 0.4) is 0 Å². The summed E-state index contributed by atoms with van der Waals surface area (Å²) >= 11 is 6.65. The Labute approximate surface area is 210 Å². The van der Waals surface area contributed by atoms with Gasteiger partial charge in [0.05, 0.1) is 20.1 Å². The lowest BCUT2D eigenvalue weighted by molar-refractivity contribution is -0.132. The molecule has 0 aromatic heterocycles. The first kappa shape index (κ1) is 27.2. The Bertz CT molecular complexity index is 1130. The monoisotopic (exact) mass is 601 g/mol. The van der Waals surface area contributed by atoms with Gasteiger partial charge in [-0.1, -0.05) is 31.5 Å². The molecule has 1 amide bonds. The molecule has 0 heterocycles. The molecular formula is C22H25Br2N3O5S. The van der Waals surface area contributed by atoms with E-state index in [1.165, 1.54) is 25.3 Å². The number of carbonyl (C=O) groups excluding carboxylic acids is 2. The number of nitrogens with zero attached hydrogens (tertiary/aromatic N) is 1. The Morgan fingerprint density at radius 3 is 2.21 bits per heavy atom. The maximum atomic E-state index is 12.7. The molecule has 8 nitrogen and oxygen atoms in total. The van der Waals surface area contributed by atoms with Gasteiger partial charge in [-0.3, -0.25) is 9.59 Å². The highest BCUT2D eigenvalue weighted by molar-refractivity contribution is 9.11. The van der Waals surface area contributed by atoms with E-state index in [1.807, 2.05) is 20.8 Å². The Morgan fingerprint density at radius 2 is 1.70 bits per heavy atom. The summed E-state index contributed by atoms with van der Waals surface area (Å²) in [4.78, 5) is 24.0. The van der Waals surface area contributed by atoms with Crippen molar-refractivity contribution in [2.75, 3.05) is 0 Å². The van der Waals surface area contributed by atoms with Crippen molar-refractivity contribution >= 4 is 60.0 Å². The summed E-state index contributed by atoms with van der Waals surface area (Å²) in [5.41, 5.74) is 3.93. The molecule has 0 fully saturated rings. The average Bonchev–Trinajstić information content (AvgIpc) is 2.70. The molecule has 33 heavy (non-hydrogen) atoms. The normalized spacial score (nSPS) is 12.7. The van der Waals surface area contributed by atoms with Gasteiger partial charge in [0.1, 0.15) is 6.04 Å². The van der Waals surface area contributed by atoms with Crippen molar-refractivity contribution in [2.24, 2.45) is 11.0 Å². The second-order valence-corrected chi connectivity index (χ2v) is 11.2. The SMILES string of the molecule is CC(=O)Oc1c(Br)cc(/C=N\NC(=O)[C@H](CC(C)C)NS(=O)(=O)c2ccc(C)cc2)cc1Br. The summed E-state index contributed by atoms with van der Waals surface area (Å²) < 4.78 is 34.1. The van der Waals surface area contributed by atoms with Gasteiger partial charge in [0, 0.05) is 6.92 Å². The average molecular weight is 603 g/mol. The predicted molar refractivity (Wildman–Crippen MR) is 134 cm³/mol. The van der Waals surface area contributed by atoms with E-state index in [0.29, 0.717) is 26.7 Å². The van der Waals surface area contributed by atoms with Gasteiger partial charge in [-0.25, -0.2) is 13.8 Å². The summed E-state index contributed by atoms with van der Waals surface area (Å²) in [6, 6.07) is 8.69. The molecule has 2 aromatic carbocycles. The number of nitrogens with one attached hydrogen (secondary N) is 2. The van der Waals surface area contributed by atoms with Crippen LogP contribution in [0.2, 0.25) is 0 Å². The Hall–Kier alpha value is -2.08. The Morgan fingerprint density at radius 1 is 1.12 bits per heavy atom. The maximum Gasteiger partial charge on any atom is 0.308 e. The van der Waals surface area contributed by atoms with Crippen LogP contribution in [0.4, 0.5) is 0 Å². The molecule has 0 unspecified atom stereocenters. The number of rotatable bonds is 9. The second kappa shape index (κ2) is 11.9. The van der Waals surface area contributed by atoms with E-state index in [-0.39, 0.29) is 10.8 Å². The van der Waals surface area contributed by atoms with Crippen LogP contribution < -0.4 is 14.9 Å². The largest absolute Gasteiger partial charge is 0.424 e. The fourth-order valence-electron chi connectivity index (χ4n) is 2.80. The van der Waals surface area contributed by atoms with Crippen molar-refractivity contribution in [1.29, 1.82) is 0 Å². The summed E-state index contributed by atoms with van der Waals surface area (Å²) in [6.07, 6.45) is 1.69. The van der Waals surface area contributed by atoms with Gasteiger partial charge in [-0.2, -0.15) is 9.82 Å². The number of hydrazone groups is 1. The van der Waals surface area contributed by atoms with Gasteiger partial charge in [0.15, 0.2) is 5.75 Å². The highest BCUT2D eigenvalue weighted by atomic mass is 79.9. The fourth-order valence-corrected chi connectivity index (χ4v) is 5.39. The van der Waals surface area contributed by atoms with Crippen LogP contribution in [-0.2, 0) is 19.6 Å². The molecule has 0 radical (unpaired) electrons. The molecule has 0 aliphatic rings. The zero-order valence-electron chi connectivity index (χ0n) is 18.6. The fraction of sp³-hybridized carbons (Fsp3) is 0.318. The van der Waals surface area contributed by atoms with E-state index in [2.05, 4.69) is 47.1 Å². The predicted octanol–water partition coefficient (Wildman–Crippen LogP) is 4.29. The molecule has 2 rings (SSSR count). The molecule has 11 heteroatoms. The minimum absolute atomic E-state index is 0.0613. The first-order chi connectivity index (χ1) is 15.4. The van der Waals surface area contributed by atoms with E-state index < -0.39 is 27.9 Å². The van der Waals surface area contributed by atoms with Crippen LogP contribution in [-0.4, -0.2) is 32.6 Å². The number of carbonyl (C=O) groups is 2. The standard InChI is InChI=1S/C22H25Br2N3O5S/c1-13(2)9-20(27-33(30,31)17-7-5-14(3)6-8-17)22(29)26-25-12-16-10-18(23)21(19(24)11-16)32-15(4)28/h5-8,10-13,20,27H,9H2,1-4H3,(H,26,29)/b25-12-/t20-/m0/s1. The number of hydrogen-bond donors (Lipinski definition) is 2. The maximum absolute atomic E-state index is 12.7. The van der Waals surface area contributed by atoms with E-state index in [4.69, 9.17) is 4.74 Å². The number of halogens is 2. The molecule has 0 saturated heterocycles. The summed E-state index contributed by atoms with van der Waals surface area (Å²) in [6.45, 7) is 6.94. The highest BCUT2D eigenvalue weighted by Crippen LogP contribution is 2.34. The summed E-state index contributed by atoms with van der Waals surface area (Å²) in [5.74, 6) is -0.656. The topological polar surface area (TPSA) is 114 Å². The number of aryl methyl sites for hydroxylation is 1. The quantitative estimate of drug-likeness (QED) is 0.192. The van der Waals surface area contributed by atoms with Crippen molar-refractivity contribution < 1.29 is 22.7 Å². The van der Waals surface area contributed by atoms with Crippen LogP contribution in [0.25, 0.3) is 0 Å². The third-order valence-corrected chi connectivity index (χ3v) is 6.97. The highest BCUT2D eigenvalue weighted by Gasteiger charge is 2.26.